The molecule has 102 valence electrons. The number of hydrogen-bond donors (Lipinski definition) is 1. The molecular formula is C14H13ClN4O. The van der Waals surface area contributed by atoms with Gasteiger partial charge in [0.2, 0.25) is 0 Å². The van der Waals surface area contributed by atoms with Crippen molar-refractivity contribution < 1.29 is 4.74 Å². The number of halogens is 1. The van der Waals surface area contributed by atoms with Crippen molar-refractivity contribution in [3.63, 3.8) is 0 Å². The standard InChI is InChI=1S/C14H13ClN4O/c1-20-12-3-2-10(13(15)6-12)4-5-17-14-9-18-11(7-16)8-19-14/h2-3,6,8-9H,4-5H2,1H3,(H,17,19). The fourth-order valence-electron chi connectivity index (χ4n) is 1.66. The molecule has 0 atom stereocenters. The van der Waals surface area contributed by atoms with Crippen molar-refractivity contribution in [2.24, 2.45) is 0 Å². The summed E-state index contributed by atoms with van der Waals surface area (Å²) in [5, 5.41) is 12.4. The van der Waals surface area contributed by atoms with Crippen LogP contribution in [0.4, 0.5) is 5.82 Å². The molecule has 5 nitrogen and oxygen atoms in total. The van der Waals surface area contributed by atoms with Crippen LogP contribution in [0.3, 0.4) is 0 Å². The molecule has 0 radical (unpaired) electrons. The molecule has 1 N–H and O–H groups in total. The lowest BCUT2D eigenvalue weighted by molar-refractivity contribution is 0.414. The predicted octanol–water partition coefficient (Wildman–Crippen LogP) is 2.66. The van der Waals surface area contributed by atoms with Crippen molar-refractivity contribution in [1.82, 2.24) is 9.97 Å². The van der Waals surface area contributed by atoms with Gasteiger partial charge in [0.25, 0.3) is 0 Å². The van der Waals surface area contributed by atoms with Gasteiger partial charge in [0.15, 0.2) is 5.69 Å². The highest BCUT2D eigenvalue weighted by atomic mass is 35.5. The van der Waals surface area contributed by atoms with Gasteiger partial charge in [-0.05, 0) is 24.1 Å². The fourth-order valence-corrected chi connectivity index (χ4v) is 1.93. The van der Waals surface area contributed by atoms with Gasteiger partial charge in [-0.3, -0.25) is 0 Å². The first-order valence-corrected chi connectivity index (χ1v) is 6.39. The van der Waals surface area contributed by atoms with Crippen LogP contribution in [0, 0.1) is 11.3 Å². The zero-order chi connectivity index (χ0) is 14.4. The Morgan fingerprint density at radius 1 is 1.35 bits per heavy atom. The summed E-state index contributed by atoms with van der Waals surface area (Å²) in [6.07, 6.45) is 3.72. The van der Waals surface area contributed by atoms with Crippen LogP contribution in [0.5, 0.6) is 5.75 Å². The van der Waals surface area contributed by atoms with Crippen molar-refractivity contribution >= 4 is 17.4 Å². The van der Waals surface area contributed by atoms with Gasteiger partial charge in [0.05, 0.1) is 19.5 Å². The maximum Gasteiger partial charge on any atom is 0.158 e. The first-order chi connectivity index (χ1) is 9.72. The van der Waals surface area contributed by atoms with Crippen LogP contribution in [-0.2, 0) is 6.42 Å². The largest absolute Gasteiger partial charge is 0.497 e. The minimum absolute atomic E-state index is 0.300. The number of nitriles is 1. The molecule has 1 aromatic heterocycles. The van der Waals surface area contributed by atoms with Crippen LogP contribution in [-0.4, -0.2) is 23.6 Å². The van der Waals surface area contributed by atoms with E-state index < -0.39 is 0 Å². The van der Waals surface area contributed by atoms with Gasteiger partial charge in [-0.1, -0.05) is 17.7 Å². The summed E-state index contributed by atoms with van der Waals surface area (Å²) in [4.78, 5) is 8.02. The van der Waals surface area contributed by atoms with Crippen molar-refractivity contribution in [3.8, 4) is 11.8 Å². The van der Waals surface area contributed by atoms with Crippen LogP contribution in [0.2, 0.25) is 5.02 Å². The molecule has 0 bridgehead atoms. The summed E-state index contributed by atoms with van der Waals surface area (Å²) in [5.74, 6) is 1.37. The van der Waals surface area contributed by atoms with E-state index in [4.69, 9.17) is 21.6 Å². The lowest BCUT2D eigenvalue weighted by Gasteiger charge is -2.08. The third kappa shape index (κ3) is 3.59. The SMILES string of the molecule is COc1ccc(CCNc2cnc(C#N)cn2)c(Cl)c1. The number of ether oxygens (including phenoxy) is 1. The average Bonchev–Trinajstić information content (AvgIpc) is 2.49. The van der Waals surface area contributed by atoms with Crippen LogP contribution in [0.1, 0.15) is 11.3 Å². The summed E-state index contributed by atoms with van der Waals surface area (Å²) in [5.41, 5.74) is 1.33. The molecule has 2 aromatic rings. The second kappa shape index (κ2) is 6.73. The van der Waals surface area contributed by atoms with Crippen molar-refractivity contribution in [1.29, 1.82) is 5.26 Å². The second-order valence-corrected chi connectivity index (χ2v) is 4.44. The molecule has 6 heteroatoms. The zero-order valence-electron chi connectivity index (χ0n) is 10.9. The van der Waals surface area contributed by atoms with E-state index in [9.17, 15) is 0 Å². The summed E-state index contributed by atoms with van der Waals surface area (Å²) in [6, 6.07) is 7.53. The smallest absolute Gasteiger partial charge is 0.158 e. The minimum Gasteiger partial charge on any atom is -0.497 e. The fraction of sp³-hybridized carbons (Fsp3) is 0.214. The van der Waals surface area contributed by atoms with E-state index in [1.165, 1.54) is 12.4 Å². The van der Waals surface area contributed by atoms with Crippen molar-refractivity contribution in [2.45, 2.75) is 6.42 Å². The Kier molecular flexibility index (Phi) is 4.75. The topological polar surface area (TPSA) is 70.8 Å². The molecule has 0 aliphatic carbocycles. The Hall–Kier alpha value is -2.32. The van der Waals surface area contributed by atoms with Gasteiger partial charge in [0.1, 0.15) is 17.6 Å². The Labute approximate surface area is 122 Å². The van der Waals surface area contributed by atoms with Gasteiger partial charge in [0, 0.05) is 11.6 Å². The summed E-state index contributed by atoms with van der Waals surface area (Å²) in [6.45, 7) is 0.673. The maximum atomic E-state index is 8.63. The third-order valence-electron chi connectivity index (χ3n) is 2.73. The van der Waals surface area contributed by atoms with Gasteiger partial charge in [-0.15, -0.1) is 0 Å². The molecule has 0 spiro atoms. The zero-order valence-corrected chi connectivity index (χ0v) is 11.7. The number of benzene rings is 1. The maximum absolute atomic E-state index is 8.63. The normalized spacial score (nSPS) is 9.85. The van der Waals surface area contributed by atoms with Crippen molar-refractivity contribution in [2.75, 3.05) is 19.0 Å². The Balaban J connectivity index is 1.90. The van der Waals surface area contributed by atoms with Crippen LogP contribution >= 0.6 is 11.6 Å². The highest BCUT2D eigenvalue weighted by Gasteiger charge is 2.03. The molecule has 2 rings (SSSR count). The molecule has 20 heavy (non-hydrogen) atoms. The first-order valence-electron chi connectivity index (χ1n) is 6.01. The molecule has 1 aromatic carbocycles. The summed E-state index contributed by atoms with van der Waals surface area (Å²) in [7, 11) is 1.61. The molecule has 0 fully saturated rings. The Morgan fingerprint density at radius 2 is 2.20 bits per heavy atom. The van der Waals surface area contributed by atoms with Crippen LogP contribution < -0.4 is 10.1 Å². The quantitative estimate of drug-likeness (QED) is 0.916. The predicted molar refractivity (Wildman–Crippen MR) is 76.9 cm³/mol. The van der Waals surface area contributed by atoms with Gasteiger partial charge in [-0.25, -0.2) is 9.97 Å². The lowest BCUT2D eigenvalue weighted by atomic mass is 10.1. The van der Waals surface area contributed by atoms with Gasteiger partial charge >= 0.3 is 0 Å². The van der Waals surface area contributed by atoms with E-state index in [2.05, 4.69) is 15.3 Å². The van der Waals surface area contributed by atoms with Gasteiger partial charge in [-0.2, -0.15) is 5.26 Å². The number of anilines is 1. The highest BCUT2D eigenvalue weighted by molar-refractivity contribution is 6.31. The molecule has 0 aliphatic rings. The highest BCUT2D eigenvalue weighted by Crippen LogP contribution is 2.22. The van der Waals surface area contributed by atoms with E-state index in [0.717, 1.165) is 17.7 Å². The number of methoxy groups -OCH3 is 1. The van der Waals surface area contributed by atoms with Gasteiger partial charge < -0.3 is 10.1 Å². The molecule has 0 unspecified atom stereocenters. The average molecular weight is 289 g/mol. The second-order valence-electron chi connectivity index (χ2n) is 4.03. The third-order valence-corrected chi connectivity index (χ3v) is 3.08. The first kappa shape index (κ1) is 14.1. The van der Waals surface area contributed by atoms with E-state index in [1.807, 2.05) is 18.2 Å². The van der Waals surface area contributed by atoms with E-state index in [1.54, 1.807) is 13.2 Å². The molecule has 0 saturated carbocycles. The van der Waals surface area contributed by atoms with E-state index in [-0.39, 0.29) is 0 Å². The van der Waals surface area contributed by atoms with Crippen LogP contribution in [0.25, 0.3) is 0 Å². The Bertz CT molecular complexity index is 622. The number of nitrogens with zero attached hydrogens (tertiary/aromatic N) is 3. The van der Waals surface area contributed by atoms with E-state index >= 15 is 0 Å². The monoisotopic (exact) mass is 288 g/mol. The number of nitrogens with one attached hydrogen (secondary N) is 1. The molecule has 0 saturated heterocycles. The summed E-state index contributed by atoms with van der Waals surface area (Å²) >= 11 is 6.16. The molecule has 1 heterocycles. The minimum atomic E-state index is 0.300. The van der Waals surface area contributed by atoms with E-state index in [0.29, 0.717) is 23.1 Å². The lowest BCUT2D eigenvalue weighted by Crippen LogP contribution is -2.07. The molecular weight excluding hydrogens is 276 g/mol. The Morgan fingerprint density at radius 3 is 2.80 bits per heavy atom. The van der Waals surface area contributed by atoms with Crippen LogP contribution in [0.15, 0.2) is 30.6 Å². The number of rotatable bonds is 5. The van der Waals surface area contributed by atoms with Crippen molar-refractivity contribution in [3.05, 3.63) is 46.9 Å². The number of hydrogen-bond acceptors (Lipinski definition) is 5. The number of aromatic nitrogens is 2. The summed E-state index contributed by atoms with van der Waals surface area (Å²) < 4.78 is 5.10. The molecule has 0 aliphatic heterocycles. The molecule has 0 amide bonds.